The van der Waals surface area contributed by atoms with Crippen molar-refractivity contribution in [3.63, 3.8) is 0 Å². The Morgan fingerprint density at radius 2 is 2.24 bits per heavy atom. The molecule has 2 unspecified atom stereocenters. The number of hydrogen-bond acceptors (Lipinski definition) is 4. The molecule has 2 saturated heterocycles. The quantitative estimate of drug-likeness (QED) is 0.842. The highest BCUT2D eigenvalue weighted by Crippen LogP contribution is 2.41. The first-order valence-corrected chi connectivity index (χ1v) is 7.39. The summed E-state index contributed by atoms with van der Waals surface area (Å²) >= 11 is 0. The number of fused-ring (bicyclic) bond motifs is 2. The summed E-state index contributed by atoms with van der Waals surface area (Å²) in [4.78, 5) is 19.1. The molecule has 1 amide bonds. The summed E-state index contributed by atoms with van der Waals surface area (Å²) in [6, 6.07) is 0. The minimum Gasteiger partial charge on any atom is -0.333 e. The van der Waals surface area contributed by atoms with Gasteiger partial charge in [0.15, 0.2) is 0 Å². The smallest absolute Gasteiger partial charge is 0.258 e. The molecule has 0 radical (unpaired) electrons. The second-order valence-electron chi connectivity index (χ2n) is 6.56. The van der Waals surface area contributed by atoms with Gasteiger partial charge in [0, 0.05) is 37.6 Å². The van der Waals surface area contributed by atoms with E-state index < -0.39 is 0 Å². The first-order chi connectivity index (χ1) is 10.1. The monoisotopic (exact) mass is 285 g/mol. The Hall–Kier alpha value is -1.95. The van der Waals surface area contributed by atoms with E-state index in [2.05, 4.69) is 29.2 Å². The predicted octanol–water partition coefficient (Wildman–Crippen LogP) is 0.799. The zero-order valence-corrected chi connectivity index (χ0v) is 12.3. The van der Waals surface area contributed by atoms with Gasteiger partial charge in [-0.2, -0.15) is 5.10 Å². The number of aromatic nitrogens is 3. The molecule has 4 heterocycles. The molecule has 6 nitrogen and oxygen atoms in total. The van der Waals surface area contributed by atoms with Crippen LogP contribution >= 0.6 is 0 Å². The summed E-state index contributed by atoms with van der Waals surface area (Å²) in [5, 5.41) is 7.69. The molecule has 2 aromatic heterocycles. The predicted molar refractivity (Wildman–Crippen MR) is 78.0 cm³/mol. The van der Waals surface area contributed by atoms with Crippen molar-refractivity contribution in [2.75, 3.05) is 19.6 Å². The van der Waals surface area contributed by atoms with Gasteiger partial charge in [0.05, 0.1) is 23.5 Å². The van der Waals surface area contributed by atoms with Gasteiger partial charge in [-0.1, -0.05) is 0 Å². The van der Waals surface area contributed by atoms with Crippen molar-refractivity contribution in [3.8, 4) is 0 Å². The summed E-state index contributed by atoms with van der Waals surface area (Å²) in [5.41, 5.74) is 1.29. The molecule has 2 aromatic rings. The van der Waals surface area contributed by atoms with E-state index in [9.17, 15) is 4.79 Å². The van der Waals surface area contributed by atoms with Crippen LogP contribution in [-0.4, -0.2) is 50.6 Å². The Morgan fingerprint density at radius 3 is 3.05 bits per heavy atom. The number of carbonyl (C=O) groups is 1. The van der Waals surface area contributed by atoms with Crippen molar-refractivity contribution in [2.24, 2.45) is 11.8 Å². The molecule has 0 aromatic carbocycles. The Morgan fingerprint density at radius 1 is 1.38 bits per heavy atom. The first kappa shape index (κ1) is 12.8. The third-order valence-electron chi connectivity index (χ3n) is 5.16. The van der Waals surface area contributed by atoms with E-state index in [-0.39, 0.29) is 11.4 Å². The summed E-state index contributed by atoms with van der Waals surface area (Å²) in [5.74, 6) is 1.16. The molecule has 0 saturated carbocycles. The van der Waals surface area contributed by atoms with Crippen LogP contribution in [0.15, 0.2) is 24.8 Å². The first-order valence-electron chi connectivity index (χ1n) is 7.39. The molecule has 2 fully saturated rings. The van der Waals surface area contributed by atoms with Crippen molar-refractivity contribution in [3.05, 3.63) is 30.4 Å². The molecular weight excluding hydrogens is 266 g/mol. The van der Waals surface area contributed by atoms with Crippen LogP contribution in [-0.2, 0) is 0 Å². The van der Waals surface area contributed by atoms with E-state index in [0.717, 1.165) is 25.2 Å². The fourth-order valence-electron chi connectivity index (χ4n) is 3.91. The SMILES string of the molecule is CC1(C)C2CNCC2CN1C(=O)c1cnn2ccncc12. The maximum Gasteiger partial charge on any atom is 0.258 e. The molecule has 0 bridgehead atoms. The molecule has 2 aliphatic heterocycles. The lowest BCUT2D eigenvalue weighted by atomic mass is 9.85. The Labute approximate surface area is 123 Å². The zero-order valence-electron chi connectivity index (χ0n) is 12.3. The summed E-state index contributed by atoms with van der Waals surface area (Å²) in [6.07, 6.45) is 6.79. The second-order valence-corrected chi connectivity index (χ2v) is 6.56. The number of nitrogens with zero attached hydrogens (tertiary/aromatic N) is 4. The number of amides is 1. The Kier molecular flexibility index (Phi) is 2.60. The van der Waals surface area contributed by atoms with E-state index in [0.29, 0.717) is 17.4 Å². The number of hydrogen-bond donors (Lipinski definition) is 1. The van der Waals surface area contributed by atoms with Gasteiger partial charge in [-0.25, -0.2) is 4.52 Å². The average molecular weight is 285 g/mol. The summed E-state index contributed by atoms with van der Waals surface area (Å²) in [6.45, 7) is 7.17. The van der Waals surface area contributed by atoms with Crippen LogP contribution in [0.4, 0.5) is 0 Å². The van der Waals surface area contributed by atoms with Gasteiger partial charge in [0.2, 0.25) is 0 Å². The number of nitrogens with one attached hydrogen (secondary N) is 1. The van der Waals surface area contributed by atoms with Crippen molar-refractivity contribution < 1.29 is 4.79 Å². The van der Waals surface area contributed by atoms with E-state index in [1.807, 2.05) is 4.90 Å². The maximum absolute atomic E-state index is 13.0. The average Bonchev–Trinajstić information content (AvgIpc) is 3.14. The molecule has 0 aliphatic carbocycles. The number of carbonyl (C=O) groups excluding carboxylic acids is 1. The summed E-state index contributed by atoms with van der Waals surface area (Å²) < 4.78 is 1.70. The fourth-order valence-corrected chi connectivity index (χ4v) is 3.91. The molecule has 6 heteroatoms. The van der Waals surface area contributed by atoms with Crippen molar-refractivity contribution >= 4 is 11.4 Å². The molecule has 4 rings (SSSR count). The minimum absolute atomic E-state index is 0.0670. The molecule has 2 atom stereocenters. The van der Waals surface area contributed by atoms with Crippen molar-refractivity contribution in [1.29, 1.82) is 0 Å². The normalized spacial score (nSPS) is 27.2. The van der Waals surface area contributed by atoms with Crippen LogP contribution in [0.25, 0.3) is 5.52 Å². The van der Waals surface area contributed by atoms with E-state index in [4.69, 9.17) is 0 Å². The van der Waals surface area contributed by atoms with Gasteiger partial charge >= 0.3 is 0 Å². The largest absolute Gasteiger partial charge is 0.333 e. The van der Waals surface area contributed by atoms with Crippen LogP contribution in [0, 0.1) is 11.8 Å². The van der Waals surface area contributed by atoms with Gasteiger partial charge in [0.25, 0.3) is 5.91 Å². The van der Waals surface area contributed by atoms with Crippen LogP contribution in [0.2, 0.25) is 0 Å². The topological polar surface area (TPSA) is 62.5 Å². The highest BCUT2D eigenvalue weighted by Gasteiger charge is 2.51. The molecule has 2 aliphatic rings. The number of likely N-dealkylation sites (tertiary alicyclic amines) is 1. The Balaban J connectivity index is 1.72. The highest BCUT2D eigenvalue weighted by molar-refractivity contribution is 6.01. The maximum atomic E-state index is 13.0. The van der Waals surface area contributed by atoms with Crippen molar-refractivity contribution in [2.45, 2.75) is 19.4 Å². The molecule has 0 spiro atoms. The molecule has 1 N–H and O–H groups in total. The molecule has 21 heavy (non-hydrogen) atoms. The van der Waals surface area contributed by atoms with Gasteiger partial charge < -0.3 is 10.2 Å². The lowest BCUT2D eigenvalue weighted by Crippen LogP contribution is -2.47. The van der Waals surface area contributed by atoms with Crippen molar-refractivity contribution in [1.82, 2.24) is 24.8 Å². The summed E-state index contributed by atoms with van der Waals surface area (Å²) in [7, 11) is 0. The van der Waals surface area contributed by atoms with Crippen LogP contribution in [0.3, 0.4) is 0 Å². The van der Waals surface area contributed by atoms with E-state index in [1.165, 1.54) is 0 Å². The lowest BCUT2D eigenvalue weighted by molar-refractivity contribution is 0.0605. The Bertz CT molecular complexity index is 707. The fraction of sp³-hybridized carbons (Fsp3) is 0.533. The molecular formula is C15H19N5O. The minimum atomic E-state index is -0.123. The zero-order chi connectivity index (χ0) is 14.6. The van der Waals surface area contributed by atoms with E-state index in [1.54, 1.807) is 29.3 Å². The van der Waals surface area contributed by atoms with Gasteiger partial charge in [-0.05, 0) is 25.7 Å². The van der Waals surface area contributed by atoms with Gasteiger partial charge in [0.1, 0.15) is 0 Å². The van der Waals surface area contributed by atoms with E-state index >= 15 is 0 Å². The van der Waals surface area contributed by atoms with Gasteiger partial charge in [-0.15, -0.1) is 0 Å². The standard InChI is InChI=1S/C15H19N5O/c1-15(2)12-7-17-5-10(12)9-19(15)14(21)11-6-18-20-4-3-16-8-13(11)20/h3-4,6,8,10,12,17H,5,7,9H2,1-2H3. The second kappa shape index (κ2) is 4.27. The molecule has 110 valence electrons. The van der Waals surface area contributed by atoms with Crippen LogP contribution < -0.4 is 5.32 Å². The van der Waals surface area contributed by atoms with Gasteiger partial charge in [-0.3, -0.25) is 9.78 Å². The number of rotatable bonds is 1. The third-order valence-corrected chi connectivity index (χ3v) is 5.16. The third kappa shape index (κ3) is 1.72. The van der Waals surface area contributed by atoms with Crippen LogP contribution in [0.1, 0.15) is 24.2 Å². The lowest BCUT2D eigenvalue weighted by Gasteiger charge is -2.35. The highest BCUT2D eigenvalue weighted by atomic mass is 16.2. The van der Waals surface area contributed by atoms with Crippen LogP contribution in [0.5, 0.6) is 0 Å².